The molecule has 0 radical (unpaired) electrons. The maximum Gasteiger partial charge on any atom is 0.110 e. The van der Waals surface area contributed by atoms with Gasteiger partial charge in [0.15, 0.2) is 0 Å². The summed E-state index contributed by atoms with van der Waals surface area (Å²) >= 11 is 0. The van der Waals surface area contributed by atoms with Crippen LogP contribution in [-0.4, -0.2) is 25.1 Å². The normalized spacial score (nSPS) is 17.2. The number of aliphatic imine (C=N–C) groups is 1. The number of hydrogen-bond donors (Lipinski definition) is 0. The molecule has 12 heavy (non-hydrogen) atoms. The van der Waals surface area contributed by atoms with E-state index in [4.69, 9.17) is 0 Å². The highest BCUT2D eigenvalue weighted by Crippen LogP contribution is 2.15. The first kappa shape index (κ1) is 7.31. The fraction of sp³-hybridized carbons (Fsp3) is 0.222. The Morgan fingerprint density at radius 3 is 2.58 bits per heavy atom. The maximum absolute atomic E-state index is 4.15. The van der Waals surface area contributed by atoms with Crippen LogP contribution in [0, 0.1) is 0 Å². The first-order chi connectivity index (χ1) is 5.88. The topological polar surface area (TPSA) is 18.8 Å². The van der Waals surface area contributed by atoms with Gasteiger partial charge in [-0.15, -0.1) is 0 Å². The van der Waals surface area contributed by atoms with Crippen molar-refractivity contribution < 1.29 is 0 Å². The zero-order valence-electron chi connectivity index (χ0n) is 7.01. The summed E-state index contributed by atoms with van der Waals surface area (Å²) in [6, 6.07) is 10.2. The van der Waals surface area contributed by atoms with Crippen LogP contribution >= 0.6 is 0 Å². The molecule has 2 rings (SSSR count). The largest absolute Gasteiger partial charge is 0.262 e. The summed E-state index contributed by atoms with van der Waals surface area (Å²) in [4.78, 5) is 4.15. The molecular weight excluding hydrogens is 150 g/mol. The quantitative estimate of drug-likeness (QED) is 0.619. The van der Waals surface area contributed by atoms with Gasteiger partial charge in [-0.1, -0.05) is 18.2 Å². The number of nitrogens with zero attached hydrogens (tertiary/aromatic N) is 3. The summed E-state index contributed by atoms with van der Waals surface area (Å²) in [6.07, 6.45) is 1.84. The van der Waals surface area contributed by atoms with Crippen molar-refractivity contribution in [1.82, 2.24) is 5.01 Å². The molecule has 0 unspecified atom stereocenters. The van der Waals surface area contributed by atoms with Crippen LogP contribution in [0.3, 0.4) is 0 Å². The highest BCUT2D eigenvalue weighted by atomic mass is 15.7. The molecule has 3 nitrogen and oxygen atoms in total. The Morgan fingerprint density at radius 2 is 2.00 bits per heavy atom. The van der Waals surface area contributed by atoms with Gasteiger partial charge in [0.2, 0.25) is 0 Å². The summed E-state index contributed by atoms with van der Waals surface area (Å²) in [5.74, 6) is 0. The second kappa shape index (κ2) is 2.95. The number of rotatable bonds is 1. The van der Waals surface area contributed by atoms with Crippen molar-refractivity contribution in [3.63, 3.8) is 0 Å². The fourth-order valence-electron chi connectivity index (χ4n) is 1.23. The van der Waals surface area contributed by atoms with Gasteiger partial charge in [0.25, 0.3) is 0 Å². The molecule has 1 aromatic carbocycles. The van der Waals surface area contributed by atoms with Gasteiger partial charge in [-0.2, -0.15) is 5.01 Å². The summed E-state index contributed by atoms with van der Waals surface area (Å²) in [5, 5.41) is 4.08. The summed E-state index contributed by atoms with van der Waals surface area (Å²) < 4.78 is 0. The average Bonchev–Trinajstić information content (AvgIpc) is 2.53. The molecule has 0 aliphatic carbocycles. The van der Waals surface area contributed by atoms with Gasteiger partial charge in [-0.25, -0.2) is 0 Å². The third-order valence-corrected chi connectivity index (χ3v) is 1.87. The van der Waals surface area contributed by atoms with Crippen LogP contribution < -0.4 is 5.01 Å². The van der Waals surface area contributed by atoms with Crippen LogP contribution in [0.25, 0.3) is 0 Å². The van der Waals surface area contributed by atoms with Gasteiger partial charge >= 0.3 is 0 Å². The fourth-order valence-corrected chi connectivity index (χ4v) is 1.23. The molecule has 0 bridgehead atoms. The second-order valence-corrected chi connectivity index (χ2v) is 2.78. The van der Waals surface area contributed by atoms with Crippen molar-refractivity contribution in [3.05, 3.63) is 30.3 Å². The lowest BCUT2D eigenvalue weighted by Gasteiger charge is -2.22. The molecule has 0 saturated carbocycles. The Bertz CT molecular complexity index is 281. The molecule has 0 spiro atoms. The number of anilines is 1. The maximum atomic E-state index is 4.15. The van der Waals surface area contributed by atoms with Crippen molar-refractivity contribution in [2.24, 2.45) is 4.99 Å². The van der Waals surface area contributed by atoms with E-state index in [-0.39, 0.29) is 0 Å². The average molecular weight is 161 g/mol. The molecule has 3 heteroatoms. The van der Waals surface area contributed by atoms with Crippen LogP contribution in [0.4, 0.5) is 5.69 Å². The lowest BCUT2D eigenvalue weighted by molar-refractivity contribution is 0.389. The second-order valence-electron chi connectivity index (χ2n) is 2.78. The van der Waals surface area contributed by atoms with Crippen LogP contribution in [0.5, 0.6) is 0 Å². The Balaban J connectivity index is 2.25. The van der Waals surface area contributed by atoms with E-state index in [0.29, 0.717) is 0 Å². The SMILES string of the molecule is CN1CN=CN1c1ccccc1. The highest BCUT2D eigenvalue weighted by Gasteiger charge is 2.12. The van der Waals surface area contributed by atoms with E-state index in [2.05, 4.69) is 22.1 Å². The molecular formula is C9H11N3. The van der Waals surface area contributed by atoms with E-state index in [1.165, 1.54) is 0 Å². The summed E-state index contributed by atoms with van der Waals surface area (Å²) in [7, 11) is 2.01. The van der Waals surface area contributed by atoms with E-state index in [1.807, 2.05) is 36.6 Å². The molecule has 1 aliphatic rings. The van der Waals surface area contributed by atoms with Crippen LogP contribution in [-0.2, 0) is 0 Å². The van der Waals surface area contributed by atoms with Crippen molar-refractivity contribution in [2.45, 2.75) is 0 Å². The van der Waals surface area contributed by atoms with Gasteiger partial charge in [0.05, 0.1) is 5.69 Å². The zero-order chi connectivity index (χ0) is 8.39. The minimum Gasteiger partial charge on any atom is -0.262 e. The Labute approximate surface area is 71.9 Å². The van der Waals surface area contributed by atoms with Crippen molar-refractivity contribution >= 4 is 12.0 Å². The van der Waals surface area contributed by atoms with Gasteiger partial charge in [0.1, 0.15) is 13.0 Å². The highest BCUT2D eigenvalue weighted by molar-refractivity contribution is 5.79. The number of benzene rings is 1. The third kappa shape index (κ3) is 1.19. The summed E-state index contributed by atoms with van der Waals surface area (Å²) in [5.41, 5.74) is 1.15. The van der Waals surface area contributed by atoms with E-state index < -0.39 is 0 Å². The predicted octanol–water partition coefficient (Wildman–Crippen LogP) is 1.34. The van der Waals surface area contributed by atoms with Crippen LogP contribution in [0.2, 0.25) is 0 Å². The first-order valence-corrected chi connectivity index (χ1v) is 3.93. The molecule has 0 fully saturated rings. The van der Waals surface area contributed by atoms with E-state index >= 15 is 0 Å². The van der Waals surface area contributed by atoms with E-state index in [9.17, 15) is 0 Å². The van der Waals surface area contributed by atoms with Gasteiger partial charge in [0, 0.05) is 7.05 Å². The number of para-hydroxylation sites is 1. The molecule has 0 saturated heterocycles. The Hall–Kier alpha value is -1.35. The van der Waals surface area contributed by atoms with Crippen molar-refractivity contribution in [1.29, 1.82) is 0 Å². The molecule has 0 aromatic heterocycles. The summed E-state index contributed by atoms with van der Waals surface area (Å²) in [6.45, 7) is 0.745. The minimum absolute atomic E-state index is 0.745. The van der Waals surface area contributed by atoms with Gasteiger partial charge in [-0.3, -0.25) is 10.0 Å². The first-order valence-electron chi connectivity index (χ1n) is 3.93. The molecule has 1 aromatic rings. The molecule has 0 N–H and O–H groups in total. The van der Waals surface area contributed by atoms with Crippen molar-refractivity contribution in [3.8, 4) is 0 Å². The number of hydrogen-bond acceptors (Lipinski definition) is 3. The molecule has 1 aliphatic heterocycles. The number of hydrazine groups is 1. The van der Waals surface area contributed by atoms with Crippen molar-refractivity contribution in [2.75, 3.05) is 18.7 Å². The standard InChI is InChI=1S/C9H11N3/c1-11-7-10-8-12(11)9-5-3-2-4-6-9/h2-6,8H,7H2,1H3. The Kier molecular flexibility index (Phi) is 1.80. The predicted molar refractivity (Wildman–Crippen MR) is 50.0 cm³/mol. The third-order valence-electron chi connectivity index (χ3n) is 1.87. The molecule has 62 valence electrons. The minimum atomic E-state index is 0.745. The van der Waals surface area contributed by atoms with Gasteiger partial charge < -0.3 is 0 Å². The molecule has 0 amide bonds. The lowest BCUT2D eigenvalue weighted by atomic mass is 10.3. The van der Waals surface area contributed by atoms with E-state index in [0.717, 1.165) is 12.4 Å². The lowest BCUT2D eigenvalue weighted by Crippen LogP contribution is -2.33. The monoisotopic (exact) mass is 161 g/mol. The zero-order valence-corrected chi connectivity index (χ0v) is 7.01. The van der Waals surface area contributed by atoms with Crippen LogP contribution in [0.15, 0.2) is 35.3 Å². The van der Waals surface area contributed by atoms with Gasteiger partial charge in [-0.05, 0) is 12.1 Å². The smallest absolute Gasteiger partial charge is 0.110 e. The molecule has 0 atom stereocenters. The van der Waals surface area contributed by atoms with Crippen LogP contribution in [0.1, 0.15) is 0 Å². The molecule has 1 heterocycles. The Morgan fingerprint density at radius 1 is 1.25 bits per heavy atom. The van der Waals surface area contributed by atoms with E-state index in [1.54, 1.807) is 0 Å².